The molecule has 1 unspecified atom stereocenters. The second kappa shape index (κ2) is 14.8. The first kappa shape index (κ1) is 28.7. The summed E-state index contributed by atoms with van der Waals surface area (Å²) in [6.07, 6.45) is 12.1. The lowest BCUT2D eigenvalue weighted by Gasteiger charge is -2.25. The molecule has 0 spiro atoms. The molecule has 0 radical (unpaired) electrons. The van der Waals surface area contributed by atoms with Crippen molar-refractivity contribution >= 4 is 18.1 Å². The Morgan fingerprint density at radius 3 is 2.44 bits per heavy atom. The molecule has 0 heterocycles. The predicted octanol–water partition coefficient (Wildman–Crippen LogP) is 2.73. The summed E-state index contributed by atoms with van der Waals surface area (Å²) in [7, 11) is 4.81. The normalized spacial score (nSPS) is 15.0. The number of nitrogens with zero attached hydrogens (tertiary/aromatic N) is 6. The third kappa shape index (κ3) is 8.91. The minimum atomic E-state index is -0.532. The molecule has 11 nitrogen and oxygen atoms in total. The fourth-order valence-corrected chi connectivity index (χ4v) is 2.77. The summed E-state index contributed by atoms with van der Waals surface area (Å²) in [5, 5.41) is 14.3. The van der Waals surface area contributed by atoms with E-state index in [-0.39, 0.29) is 6.61 Å². The highest BCUT2D eigenvalue weighted by Crippen LogP contribution is 2.21. The minimum Gasteiger partial charge on any atom is -0.495 e. The first-order valence-corrected chi connectivity index (χ1v) is 11.3. The monoisotopic (exact) mass is 476 g/mol. The highest BCUT2D eigenvalue weighted by atomic mass is 16.5. The number of allylic oxidation sites excluding steroid dienone is 4. The summed E-state index contributed by atoms with van der Waals surface area (Å²) >= 11 is 0. The van der Waals surface area contributed by atoms with Crippen LogP contribution in [0.4, 0.5) is 4.79 Å². The summed E-state index contributed by atoms with van der Waals surface area (Å²) in [5.41, 5.74) is 1.51. The van der Waals surface area contributed by atoms with Gasteiger partial charge in [0.25, 0.3) is 0 Å². The quantitative estimate of drug-likeness (QED) is 0.117. The van der Waals surface area contributed by atoms with Crippen molar-refractivity contribution in [3.63, 3.8) is 0 Å². The highest BCUT2D eigenvalue weighted by Gasteiger charge is 2.18. The number of hydrogen-bond donors (Lipinski definition) is 2. The lowest BCUT2D eigenvalue weighted by atomic mass is 10.2. The van der Waals surface area contributed by atoms with E-state index in [0.29, 0.717) is 24.6 Å². The van der Waals surface area contributed by atoms with Crippen LogP contribution in [0.2, 0.25) is 0 Å². The Morgan fingerprint density at radius 1 is 1.24 bits per heavy atom. The molecule has 2 amide bonds. The van der Waals surface area contributed by atoms with Crippen LogP contribution in [0, 0.1) is 0 Å². The first-order chi connectivity index (χ1) is 16.2. The van der Waals surface area contributed by atoms with Gasteiger partial charge in [0.15, 0.2) is 0 Å². The van der Waals surface area contributed by atoms with Crippen molar-refractivity contribution in [2.75, 3.05) is 34.4 Å². The number of hydrazine groups is 2. The second-order valence-electron chi connectivity index (χ2n) is 7.55. The summed E-state index contributed by atoms with van der Waals surface area (Å²) in [6.45, 7) is 10.6. The summed E-state index contributed by atoms with van der Waals surface area (Å²) < 4.78 is 11.5. The number of ether oxygens (including phenoxy) is 2. The van der Waals surface area contributed by atoms with Crippen LogP contribution in [0.5, 0.6) is 0 Å². The van der Waals surface area contributed by atoms with Crippen molar-refractivity contribution in [1.29, 1.82) is 0 Å². The maximum atomic E-state index is 11.8. The van der Waals surface area contributed by atoms with Gasteiger partial charge in [-0.1, -0.05) is 31.7 Å². The van der Waals surface area contributed by atoms with E-state index >= 15 is 0 Å². The number of urea groups is 1. The van der Waals surface area contributed by atoms with Gasteiger partial charge in [0.1, 0.15) is 12.4 Å². The van der Waals surface area contributed by atoms with E-state index < -0.39 is 12.1 Å². The molecule has 1 atom stereocenters. The number of rotatable bonds is 11. The average molecular weight is 477 g/mol. The van der Waals surface area contributed by atoms with Crippen LogP contribution in [-0.4, -0.2) is 78.6 Å². The van der Waals surface area contributed by atoms with Crippen LogP contribution in [0.15, 0.2) is 58.2 Å². The maximum Gasteiger partial charge on any atom is 0.348 e. The Balaban J connectivity index is 2.81. The number of methoxy groups -OCH3 is 1. The minimum absolute atomic E-state index is 0.192. The number of likely N-dealkylation sites (N-methyl/N-ethyl adjacent to an activating group) is 2. The molecule has 190 valence electrons. The lowest BCUT2D eigenvalue weighted by molar-refractivity contribution is 0.159. The molecule has 0 saturated carbocycles. The van der Waals surface area contributed by atoms with Crippen LogP contribution in [0.1, 0.15) is 40.0 Å². The topological polar surface area (TPSA) is 125 Å². The Kier molecular flexibility index (Phi) is 12.5. The Labute approximate surface area is 203 Å². The summed E-state index contributed by atoms with van der Waals surface area (Å²) in [5.74, 6) is 12.5. The van der Waals surface area contributed by atoms with Crippen LogP contribution >= 0.6 is 0 Å². The van der Waals surface area contributed by atoms with Crippen LogP contribution in [0.25, 0.3) is 0 Å². The summed E-state index contributed by atoms with van der Waals surface area (Å²) in [4.78, 5) is 11.8. The lowest BCUT2D eigenvalue weighted by Crippen LogP contribution is -2.52. The molecule has 1 aliphatic rings. The van der Waals surface area contributed by atoms with Crippen molar-refractivity contribution in [2.45, 2.75) is 46.1 Å². The van der Waals surface area contributed by atoms with Crippen molar-refractivity contribution in [3.05, 3.63) is 48.0 Å². The fraction of sp³-hybridized carbons (Fsp3) is 0.522. The largest absolute Gasteiger partial charge is 0.495 e. The smallest absolute Gasteiger partial charge is 0.348 e. The van der Waals surface area contributed by atoms with Gasteiger partial charge in [0, 0.05) is 33.3 Å². The van der Waals surface area contributed by atoms with E-state index in [1.807, 2.05) is 24.9 Å². The standard InChI is InChI=1S/C23H40N8O3/c1-8-22(27-30(9-2)20-14-12-10-11-13-15-21(20)33-7)34-17-19(4)29(6)26-16-18(3)31(25)23(32)28(5)24/h10-11,14-16,18H,4,8-9,12-13,17,24-25H2,1-3,5-7H3/b11-10?,20-14?,21-15?,26-16-,27-22+. The molecule has 0 fully saturated rings. The molecule has 4 N–H and O–H groups in total. The number of carbonyl (C=O) groups excluding carboxylic acids is 1. The van der Waals surface area contributed by atoms with Crippen molar-refractivity contribution in [1.82, 2.24) is 20.0 Å². The van der Waals surface area contributed by atoms with E-state index in [1.54, 1.807) is 26.1 Å². The van der Waals surface area contributed by atoms with Gasteiger partial charge >= 0.3 is 6.03 Å². The van der Waals surface area contributed by atoms with E-state index in [4.69, 9.17) is 26.3 Å². The van der Waals surface area contributed by atoms with Gasteiger partial charge in [-0.2, -0.15) is 5.10 Å². The van der Waals surface area contributed by atoms with Gasteiger partial charge in [0.05, 0.1) is 24.5 Å². The molecule has 0 saturated heterocycles. The maximum absolute atomic E-state index is 11.8. The molecule has 11 heteroatoms. The van der Waals surface area contributed by atoms with Gasteiger partial charge < -0.3 is 9.47 Å². The average Bonchev–Trinajstić information content (AvgIpc) is 2.81. The highest BCUT2D eigenvalue weighted by molar-refractivity contribution is 5.78. The zero-order valence-electron chi connectivity index (χ0n) is 21.3. The number of amides is 2. The second-order valence-corrected chi connectivity index (χ2v) is 7.55. The van der Waals surface area contributed by atoms with E-state index in [2.05, 4.69) is 29.9 Å². The van der Waals surface area contributed by atoms with Crippen LogP contribution < -0.4 is 11.7 Å². The molecule has 0 aromatic carbocycles. The van der Waals surface area contributed by atoms with Gasteiger partial charge in [-0.05, 0) is 32.8 Å². The fourth-order valence-electron chi connectivity index (χ4n) is 2.77. The molecule has 34 heavy (non-hydrogen) atoms. The number of carbonyl (C=O) groups is 1. The van der Waals surface area contributed by atoms with Crippen molar-refractivity contribution < 1.29 is 14.3 Å². The van der Waals surface area contributed by atoms with E-state index in [0.717, 1.165) is 34.3 Å². The molecule has 0 bridgehead atoms. The zero-order valence-corrected chi connectivity index (χ0v) is 21.3. The third-order valence-electron chi connectivity index (χ3n) is 4.92. The zero-order chi connectivity index (χ0) is 25.7. The van der Waals surface area contributed by atoms with Gasteiger partial charge in [-0.15, -0.1) is 5.10 Å². The van der Waals surface area contributed by atoms with E-state index in [9.17, 15) is 4.79 Å². The predicted molar refractivity (Wildman–Crippen MR) is 136 cm³/mol. The first-order valence-electron chi connectivity index (χ1n) is 11.3. The van der Waals surface area contributed by atoms with Crippen LogP contribution in [-0.2, 0) is 9.47 Å². The molecule has 0 aromatic rings. The molecular weight excluding hydrogens is 436 g/mol. The van der Waals surface area contributed by atoms with Crippen molar-refractivity contribution in [3.8, 4) is 0 Å². The number of hydrogen-bond acceptors (Lipinski definition) is 9. The molecular formula is C23H40N8O3. The Hall–Kier alpha value is -3.31. The molecule has 1 aliphatic carbocycles. The SMILES string of the molecule is C=C(CO/C(CC)=N/N(CC)C1=CCC=CCC=C1OC)N(C)/N=C\C(C)N(N)C(=O)N(C)N. The number of hydrazone groups is 2. The van der Waals surface area contributed by atoms with Gasteiger partial charge in [-0.25, -0.2) is 16.5 Å². The van der Waals surface area contributed by atoms with Gasteiger partial charge in [0.2, 0.25) is 5.90 Å². The molecule has 0 aromatic heterocycles. The molecule has 0 aliphatic heterocycles. The summed E-state index contributed by atoms with van der Waals surface area (Å²) in [6, 6.07) is -1.01. The van der Waals surface area contributed by atoms with E-state index in [1.165, 1.54) is 13.3 Å². The molecule has 1 rings (SSSR count). The van der Waals surface area contributed by atoms with Gasteiger partial charge in [-0.3, -0.25) is 20.0 Å². The van der Waals surface area contributed by atoms with Crippen molar-refractivity contribution in [2.24, 2.45) is 21.9 Å². The Bertz CT molecular complexity index is 832. The Morgan fingerprint density at radius 2 is 1.88 bits per heavy atom. The third-order valence-corrected chi connectivity index (χ3v) is 4.92. The van der Waals surface area contributed by atoms with Crippen LogP contribution in [0.3, 0.4) is 0 Å². The number of nitrogens with two attached hydrogens (primary N) is 2.